The van der Waals surface area contributed by atoms with Crippen LogP contribution in [0, 0.1) is 6.92 Å². The molecule has 164 valence electrons. The fraction of sp³-hybridized carbons (Fsp3) is 0.364. The van der Waals surface area contributed by atoms with Crippen molar-refractivity contribution in [3.05, 3.63) is 59.4 Å². The lowest BCUT2D eigenvalue weighted by molar-refractivity contribution is 0.370. The number of thiazole rings is 1. The van der Waals surface area contributed by atoms with Crippen LogP contribution in [0.3, 0.4) is 0 Å². The van der Waals surface area contributed by atoms with E-state index in [9.17, 15) is 0 Å². The predicted molar refractivity (Wildman–Crippen MR) is 139 cm³/mol. The highest BCUT2D eigenvalue weighted by Gasteiger charge is 2.21. The highest BCUT2D eigenvalue weighted by molar-refractivity contribution is 14.0. The van der Waals surface area contributed by atoms with E-state index in [1.165, 1.54) is 11.1 Å². The Balaban J connectivity index is 0.00000272. The van der Waals surface area contributed by atoms with E-state index in [1.54, 1.807) is 23.7 Å². The Hall–Kier alpha value is -2.27. The van der Waals surface area contributed by atoms with E-state index < -0.39 is 0 Å². The lowest BCUT2D eigenvalue weighted by Crippen LogP contribution is -2.53. The molecule has 0 spiro atoms. The third-order valence-corrected chi connectivity index (χ3v) is 6.08. The van der Waals surface area contributed by atoms with Crippen LogP contribution >= 0.6 is 35.3 Å². The largest absolute Gasteiger partial charge is 0.356 e. The van der Waals surface area contributed by atoms with Gasteiger partial charge in [0, 0.05) is 69.5 Å². The summed E-state index contributed by atoms with van der Waals surface area (Å²) in [5, 5.41) is 6.72. The number of rotatable bonds is 5. The molecule has 1 aromatic carbocycles. The van der Waals surface area contributed by atoms with Crippen molar-refractivity contribution >= 4 is 47.2 Å². The molecule has 31 heavy (non-hydrogen) atoms. The number of benzene rings is 1. The first-order chi connectivity index (χ1) is 14.7. The molecule has 4 rings (SSSR count). The van der Waals surface area contributed by atoms with Gasteiger partial charge in [-0.25, -0.2) is 15.0 Å². The Morgan fingerprint density at radius 1 is 1.10 bits per heavy atom. The summed E-state index contributed by atoms with van der Waals surface area (Å²) >= 11 is 1.70. The number of aryl methyl sites for hydroxylation is 1. The lowest BCUT2D eigenvalue weighted by atomic mass is 10.2. The van der Waals surface area contributed by atoms with Crippen LogP contribution in [0.15, 0.2) is 53.1 Å². The number of guanidine groups is 1. The standard InChI is InChI=1S/C22H27N7S.HI/c1-17-4-6-18(7-5-17)20-27-19(16-30-20)8-11-26-21(23-2)28-12-14-29(15-13-28)22-24-9-3-10-25-22;/h3-7,9-10,16H,8,11-15H2,1-2H3,(H,23,26);1H. The molecule has 0 bridgehead atoms. The van der Waals surface area contributed by atoms with Gasteiger partial charge in [-0.2, -0.15) is 0 Å². The molecule has 0 aliphatic carbocycles. The molecule has 1 N–H and O–H groups in total. The zero-order valence-electron chi connectivity index (χ0n) is 17.9. The van der Waals surface area contributed by atoms with E-state index in [4.69, 9.17) is 4.98 Å². The number of aromatic nitrogens is 3. The molecule has 0 radical (unpaired) electrons. The number of hydrogen-bond acceptors (Lipinski definition) is 6. The molecule has 0 saturated carbocycles. The van der Waals surface area contributed by atoms with Gasteiger partial charge in [-0.1, -0.05) is 29.8 Å². The van der Waals surface area contributed by atoms with Gasteiger partial charge in [0.05, 0.1) is 5.69 Å². The fourth-order valence-electron chi connectivity index (χ4n) is 3.46. The van der Waals surface area contributed by atoms with Crippen molar-refractivity contribution in [3.8, 4) is 10.6 Å². The zero-order valence-corrected chi connectivity index (χ0v) is 21.0. The summed E-state index contributed by atoms with van der Waals surface area (Å²) in [6, 6.07) is 10.4. The van der Waals surface area contributed by atoms with Crippen molar-refractivity contribution in [1.29, 1.82) is 0 Å². The minimum absolute atomic E-state index is 0. The first-order valence-corrected chi connectivity index (χ1v) is 11.1. The minimum Gasteiger partial charge on any atom is -0.356 e. The van der Waals surface area contributed by atoms with Crippen LogP contribution in [-0.4, -0.2) is 65.6 Å². The highest BCUT2D eigenvalue weighted by Crippen LogP contribution is 2.24. The Bertz CT molecular complexity index is 967. The number of aliphatic imine (C=N–C) groups is 1. The maximum atomic E-state index is 4.79. The van der Waals surface area contributed by atoms with Gasteiger partial charge >= 0.3 is 0 Å². The van der Waals surface area contributed by atoms with Gasteiger partial charge in [-0.05, 0) is 13.0 Å². The van der Waals surface area contributed by atoms with Crippen molar-refractivity contribution in [1.82, 2.24) is 25.2 Å². The topological polar surface area (TPSA) is 69.5 Å². The number of halogens is 1. The number of nitrogens with one attached hydrogen (secondary N) is 1. The van der Waals surface area contributed by atoms with Gasteiger partial charge in [0.15, 0.2) is 5.96 Å². The lowest BCUT2D eigenvalue weighted by Gasteiger charge is -2.36. The van der Waals surface area contributed by atoms with E-state index in [2.05, 4.69) is 66.6 Å². The Labute approximate surface area is 204 Å². The Kier molecular flexibility index (Phi) is 8.59. The Morgan fingerprint density at radius 2 is 1.81 bits per heavy atom. The van der Waals surface area contributed by atoms with E-state index >= 15 is 0 Å². The van der Waals surface area contributed by atoms with Crippen molar-refractivity contribution in [2.75, 3.05) is 44.7 Å². The number of nitrogens with zero attached hydrogens (tertiary/aromatic N) is 6. The van der Waals surface area contributed by atoms with E-state index in [0.717, 1.165) is 61.8 Å². The third-order valence-electron chi connectivity index (χ3n) is 5.14. The van der Waals surface area contributed by atoms with E-state index in [1.807, 2.05) is 13.1 Å². The van der Waals surface area contributed by atoms with E-state index in [0.29, 0.717) is 0 Å². The quantitative estimate of drug-likeness (QED) is 0.299. The molecule has 1 fully saturated rings. The monoisotopic (exact) mass is 549 g/mol. The molecule has 0 atom stereocenters. The number of anilines is 1. The summed E-state index contributed by atoms with van der Waals surface area (Å²) < 4.78 is 0. The number of hydrogen-bond donors (Lipinski definition) is 1. The second kappa shape index (κ2) is 11.4. The van der Waals surface area contributed by atoms with Gasteiger partial charge in [0.25, 0.3) is 0 Å². The van der Waals surface area contributed by atoms with Crippen molar-refractivity contribution in [3.63, 3.8) is 0 Å². The van der Waals surface area contributed by atoms with Crippen LogP contribution in [0.5, 0.6) is 0 Å². The summed E-state index contributed by atoms with van der Waals surface area (Å²) in [5.74, 6) is 1.74. The molecule has 9 heteroatoms. The van der Waals surface area contributed by atoms with Crippen molar-refractivity contribution in [2.24, 2.45) is 4.99 Å². The van der Waals surface area contributed by atoms with Crippen molar-refractivity contribution in [2.45, 2.75) is 13.3 Å². The van der Waals surface area contributed by atoms with Crippen molar-refractivity contribution < 1.29 is 0 Å². The van der Waals surface area contributed by atoms with Crippen LogP contribution in [0.2, 0.25) is 0 Å². The third kappa shape index (κ3) is 6.13. The second-order valence-corrected chi connectivity index (χ2v) is 8.12. The molecule has 0 amide bonds. The summed E-state index contributed by atoms with van der Waals surface area (Å²) in [6.45, 7) is 6.47. The molecule has 0 unspecified atom stereocenters. The molecule has 3 heterocycles. The molecular weight excluding hydrogens is 521 g/mol. The van der Waals surface area contributed by atoms with Crippen LogP contribution in [-0.2, 0) is 6.42 Å². The highest BCUT2D eigenvalue weighted by atomic mass is 127. The van der Waals surface area contributed by atoms with Gasteiger partial charge in [0.2, 0.25) is 5.95 Å². The molecule has 2 aromatic heterocycles. The molecule has 1 aliphatic heterocycles. The molecular formula is C22H28IN7S. The molecule has 1 aliphatic rings. The smallest absolute Gasteiger partial charge is 0.225 e. The fourth-order valence-corrected chi connectivity index (χ4v) is 4.32. The summed E-state index contributed by atoms with van der Waals surface area (Å²) in [6.07, 6.45) is 4.45. The van der Waals surface area contributed by atoms with Gasteiger partial charge < -0.3 is 15.1 Å². The van der Waals surface area contributed by atoms with E-state index in [-0.39, 0.29) is 24.0 Å². The molecule has 7 nitrogen and oxygen atoms in total. The normalized spacial score (nSPS) is 14.3. The first kappa shape index (κ1) is 23.4. The zero-order chi connectivity index (χ0) is 20.8. The predicted octanol–water partition coefficient (Wildman–Crippen LogP) is 3.47. The van der Waals surface area contributed by atoms with Gasteiger partial charge in [-0.3, -0.25) is 4.99 Å². The first-order valence-electron chi connectivity index (χ1n) is 10.2. The van der Waals surface area contributed by atoms with Gasteiger partial charge in [0.1, 0.15) is 5.01 Å². The minimum atomic E-state index is 0. The summed E-state index contributed by atoms with van der Waals surface area (Å²) in [4.78, 5) is 22.5. The maximum absolute atomic E-state index is 4.79. The maximum Gasteiger partial charge on any atom is 0.225 e. The molecule has 1 saturated heterocycles. The summed E-state index contributed by atoms with van der Waals surface area (Å²) in [7, 11) is 1.84. The average molecular weight is 549 g/mol. The average Bonchev–Trinajstić information content (AvgIpc) is 3.27. The van der Waals surface area contributed by atoms with Crippen LogP contribution in [0.4, 0.5) is 5.95 Å². The summed E-state index contributed by atoms with van der Waals surface area (Å²) in [5.41, 5.74) is 3.56. The SMILES string of the molecule is CN=C(NCCc1csc(-c2ccc(C)cc2)n1)N1CCN(c2ncccn2)CC1.I. The van der Waals surface area contributed by atoms with Crippen LogP contribution in [0.1, 0.15) is 11.3 Å². The number of piperazine rings is 1. The van der Waals surface area contributed by atoms with Crippen LogP contribution < -0.4 is 10.2 Å². The second-order valence-electron chi connectivity index (χ2n) is 7.26. The Morgan fingerprint density at radius 3 is 2.48 bits per heavy atom. The van der Waals surface area contributed by atoms with Crippen LogP contribution in [0.25, 0.3) is 10.6 Å². The van der Waals surface area contributed by atoms with Gasteiger partial charge in [-0.15, -0.1) is 35.3 Å². The molecule has 3 aromatic rings.